The number of hydrogen-bond acceptors (Lipinski definition) is 2. The van der Waals surface area contributed by atoms with Gasteiger partial charge in [0.15, 0.2) is 0 Å². The van der Waals surface area contributed by atoms with Crippen molar-refractivity contribution >= 4 is 50.8 Å². The highest BCUT2D eigenvalue weighted by molar-refractivity contribution is 9.10. The second-order valence-electron chi connectivity index (χ2n) is 9.00. The third kappa shape index (κ3) is 2.93. The highest BCUT2D eigenvalue weighted by Gasteiger charge is 2.78. The molecule has 1 saturated carbocycles. The van der Waals surface area contributed by atoms with E-state index in [1.54, 1.807) is 23.1 Å². The van der Waals surface area contributed by atoms with Crippen molar-refractivity contribution in [2.75, 3.05) is 4.90 Å². The van der Waals surface area contributed by atoms with Gasteiger partial charge in [0.2, 0.25) is 5.91 Å². The number of amides is 1. The van der Waals surface area contributed by atoms with Gasteiger partial charge in [-0.25, -0.2) is 9.18 Å². The average molecular weight is 529 g/mol. The quantitative estimate of drug-likeness (QED) is 0.403. The molecule has 168 valence electrons. The van der Waals surface area contributed by atoms with Crippen LogP contribution >= 0.6 is 27.5 Å². The minimum Gasteiger partial charge on any atom is -0.478 e. The molecule has 1 amide bonds. The molecule has 1 aliphatic heterocycles. The Morgan fingerprint density at radius 1 is 1.15 bits per heavy atom. The van der Waals surface area contributed by atoms with Crippen LogP contribution in [0.4, 0.5) is 15.8 Å². The molecular weight excluding hydrogens is 509 g/mol. The number of nitrogens with zero attached hydrogens (tertiary/aromatic N) is 1. The molecule has 0 saturated heterocycles. The Morgan fingerprint density at radius 2 is 1.88 bits per heavy atom. The number of benzene rings is 3. The van der Waals surface area contributed by atoms with E-state index in [2.05, 4.69) is 15.9 Å². The van der Waals surface area contributed by atoms with E-state index in [9.17, 15) is 19.1 Å². The summed E-state index contributed by atoms with van der Waals surface area (Å²) < 4.78 is 15.1. The second-order valence-corrected chi connectivity index (χ2v) is 10.3. The van der Waals surface area contributed by atoms with Crippen molar-refractivity contribution in [3.05, 3.63) is 92.7 Å². The Hall–Kier alpha value is -2.70. The van der Waals surface area contributed by atoms with Crippen molar-refractivity contribution in [1.82, 2.24) is 0 Å². The van der Waals surface area contributed by atoms with Crippen LogP contribution in [-0.2, 0) is 15.6 Å². The normalized spacial score (nSPS) is 23.3. The second kappa shape index (κ2) is 7.40. The molecule has 2 atom stereocenters. The number of rotatable bonds is 4. The van der Waals surface area contributed by atoms with E-state index in [0.717, 1.165) is 11.1 Å². The lowest BCUT2D eigenvalue weighted by atomic mass is 9.75. The Morgan fingerprint density at radius 3 is 2.55 bits per heavy atom. The van der Waals surface area contributed by atoms with E-state index in [-0.39, 0.29) is 22.4 Å². The van der Waals surface area contributed by atoms with Gasteiger partial charge in [0.25, 0.3) is 0 Å². The maximum Gasteiger partial charge on any atom is 0.335 e. The zero-order chi connectivity index (χ0) is 23.7. The lowest BCUT2D eigenvalue weighted by molar-refractivity contribution is -0.120. The van der Waals surface area contributed by atoms with Crippen molar-refractivity contribution in [3.8, 4) is 0 Å². The molecule has 1 fully saturated rings. The monoisotopic (exact) mass is 527 g/mol. The first-order valence-electron chi connectivity index (χ1n) is 10.6. The van der Waals surface area contributed by atoms with Crippen molar-refractivity contribution in [1.29, 1.82) is 0 Å². The highest BCUT2D eigenvalue weighted by atomic mass is 79.9. The van der Waals surface area contributed by atoms with Gasteiger partial charge in [0.1, 0.15) is 5.82 Å². The summed E-state index contributed by atoms with van der Waals surface area (Å²) in [6.07, 6.45) is 0.533. The molecule has 5 rings (SSSR count). The number of carbonyl (C=O) groups excluding carboxylic acids is 1. The predicted molar refractivity (Wildman–Crippen MR) is 129 cm³/mol. The summed E-state index contributed by atoms with van der Waals surface area (Å²) in [5.41, 5.74) is 1.40. The number of halogens is 3. The standard InChI is InChI=1S/C26H20BrClFNO3/c1-14(2)25(16-7-8-20(28)21(29)11-16)13-26(25)19-5-3-4-6-22(19)30(24(26)33)18-10-15(23(31)32)9-17(27)12-18/h3-12,14H,13H2,1-2H3,(H,31,32)/t25-,26-/m1/s1. The number of fused-ring (bicyclic) bond motifs is 2. The van der Waals surface area contributed by atoms with E-state index < -0.39 is 22.6 Å². The van der Waals surface area contributed by atoms with E-state index in [1.807, 2.05) is 38.1 Å². The summed E-state index contributed by atoms with van der Waals surface area (Å²) in [7, 11) is 0. The van der Waals surface area contributed by atoms with Crippen LogP contribution in [0.2, 0.25) is 5.02 Å². The van der Waals surface area contributed by atoms with Gasteiger partial charge in [0.05, 0.1) is 27.4 Å². The van der Waals surface area contributed by atoms with Crippen molar-refractivity contribution in [2.45, 2.75) is 31.1 Å². The number of para-hydroxylation sites is 1. The molecule has 1 N–H and O–H groups in total. The lowest BCUT2D eigenvalue weighted by Crippen LogP contribution is -2.36. The molecule has 0 bridgehead atoms. The molecule has 0 aromatic heterocycles. The largest absolute Gasteiger partial charge is 0.478 e. The predicted octanol–water partition coefficient (Wildman–Crippen LogP) is 6.85. The zero-order valence-corrected chi connectivity index (χ0v) is 20.2. The molecule has 3 aromatic rings. The first-order valence-corrected chi connectivity index (χ1v) is 11.7. The van der Waals surface area contributed by atoms with Gasteiger partial charge in [0, 0.05) is 9.89 Å². The van der Waals surface area contributed by atoms with Gasteiger partial charge in [-0.3, -0.25) is 9.69 Å². The van der Waals surface area contributed by atoms with Crippen molar-refractivity contribution in [2.24, 2.45) is 5.92 Å². The zero-order valence-electron chi connectivity index (χ0n) is 17.9. The summed E-state index contributed by atoms with van der Waals surface area (Å²) in [5.74, 6) is -1.69. The summed E-state index contributed by atoms with van der Waals surface area (Å²) in [6, 6.07) is 17.1. The van der Waals surface area contributed by atoms with Crippen LogP contribution in [0.5, 0.6) is 0 Å². The SMILES string of the molecule is CC(C)[C@@]1(c2ccc(Cl)c(F)c2)C[C@@]12C(=O)N(c1cc(Br)cc(C(=O)O)c1)c1ccccc12. The van der Waals surface area contributed by atoms with E-state index >= 15 is 0 Å². The summed E-state index contributed by atoms with van der Waals surface area (Å²) in [4.78, 5) is 27.5. The van der Waals surface area contributed by atoms with E-state index in [4.69, 9.17) is 11.6 Å². The smallest absolute Gasteiger partial charge is 0.335 e. The molecule has 33 heavy (non-hydrogen) atoms. The summed E-state index contributed by atoms with van der Waals surface area (Å²) in [6.45, 7) is 4.09. The molecular formula is C26H20BrClFNO3. The van der Waals surface area contributed by atoms with Crippen LogP contribution < -0.4 is 4.90 Å². The maximum absolute atomic E-state index is 14.5. The number of carbonyl (C=O) groups is 2. The first-order chi connectivity index (χ1) is 15.6. The van der Waals surface area contributed by atoms with Gasteiger partial charge in [-0.2, -0.15) is 0 Å². The fraction of sp³-hybridized carbons (Fsp3) is 0.231. The first kappa shape index (κ1) is 22.1. The third-order valence-corrected chi connectivity index (χ3v) is 7.93. The van der Waals surface area contributed by atoms with E-state index in [0.29, 0.717) is 22.3 Å². The Kier molecular flexibility index (Phi) is 4.96. The fourth-order valence-electron chi connectivity index (χ4n) is 5.66. The number of anilines is 2. The molecule has 4 nitrogen and oxygen atoms in total. The van der Waals surface area contributed by atoms with Crippen LogP contribution in [0, 0.1) is 11.7 Å². The molecule has 7 heteroatoms. The van der Waals surface area contributed by atoms with Crippen molar-refractivity contribution < 1.29 is 19.1 Å². The average Bonchev–Trinajstić information content (AvgIpc) is 3.42. The maximum atomic E-state index is 14.5. The highest BCUT2D eigenvalue weighted by Crippen LogP contribution is 2.73. The van der Waals surface area contributed by atoms with Gasteiger partial charge < -0.3 is 5.11 Å². The lowest BCUT2D eigenvalue weighted by Gasteiger charge is -2.27. The summed E-state index contributed by atoms with van der Waals surface area (Å²) in [5, 5.41) is 9.58. The molecule has 1 spiro atoms. The molecule has 0 radical (unpaired) electrons. The molecule has 0 unspecified atom stereocenters. The van der Waals surface area contributed by atoms with Crippen molar-refractivity contribution in [3.63, 3.8) is 0 Å². The molecule has 2 aliphatic rings. The van der Waals surface area contributed by atoms with Crippen LogP contribution in [0.15, 0.2) is 65.1 Å². The van der Waals surface area contributed by atoms with Gasteiger partial charge in [-0.1, -0.05) is 65.6 Å². The molecule has 3 aromatic carbocycles. The topological polar surface area (TPSA) is 57.6 Å². The Labute approximate surface area is 204 Å². The van der Waals surface area contributed by atoms with Crippen LogP contribution in [0.1, 0.15) is 41.8 Å². The molecule has 1 aliphatic carbocycles. The number of carboxylic acid groups (broad SMARTS) is 1. The molecule has 1 heterocycles. The number of hydrogen-bond donors (Lipinski definition) is 1. The van der Waals surface area contributed by atoms with Crippen LogP contribution in [0.25, 0.3) is 0 Å². The number of aromatic carboxylic acids is 1. The number of carboxylic acids is 1. The minimum absolute atomic E-state index is 0.0344. The summed E-state index contributed by atoms with van der Waals surface area (Å²) >= 11 is 9.32. The Bertz CT molecular complexity index is 1340. The van der Waals surface area contributed by atoms with E-state index in [1.165, 1.54) is 18.2 Å². The van der Waals surface area contributed by atoms with Crippen LogP contribution in [0.3, 0.4) is 0 Å². The minimum atomic E-state index is -1.08. The van der Waals surface area contributed by atoms with Gasteiger partial charge >= 0.3 is 5.97 Å². The van der Waals surface area contributed by atoms with Crippen LogP contribution in [-0.4, -0.2) is 17.0 Å². The fourth-order valence-corrected chi connectivity index (χ4v) is 6.26. The Balaban J connectivity index is 1.72. The van der Waals surface area contributed by atoms with Gasteiger partial charge in [-0.15, -0.1) is 0 Å². The third-order valence-electron chi connectivity index (χ3n) is 7.16. The van der Waals surface area contributed by atoms with Gasteiger partial charge in [-0.05, 0) is 59.9 Å².